The van der Waals surface area contributed by atoms with E-state index in [-0.39, 0.29) is 11.9 Å². The van der Waals surface area contributed by atoms with Gasteiger partial charge in [0.05, 0.1) is 0 Å². The van der Waals surface area contributed by atoms with Crippen molar-refractivity contribution >= 4 is 11.9 Å². The summed E-state index contributed by atoms with van der Waals surface area (Å²) in [6, 6.07) is 7.17. The first kappa shape index (κ1) is 22.2. The average Bonchev–Trinajstić information content (AvgIpc) is 2.67. The van der Waals surface area contributed by atoms with Gasteiger partial charge in [0.25, 0.3) is 0 Å². The molecular weight excluding hydrogens is 354 g/mol. The van der Waals surface area contributed by atoms with E-state index in [4.69, 9.17) is 0 Å². The lowest BCUT2D eigenvalue weighted by Crippen LogP contribution is -2.52. The molecule has 1 fully saturated rings. The predicted molar refractivity (Wildman–Crippen MR) is 112 cm³/mol. The Morgan fingerprint density at radius 3 is 2.43 bits per heavy atom. The van der Waals surface area contributed by atoms with Crippen molar-refractivity contribution in [3.05, 3.63) is 35.4 Å². The summed E-state index contributed by atoms with van der Waals surface area (Å²) >= 11 is 0. The van der Waals surface area contributed by atoms with Crippen molar-refractivity contribution in [3.8, 4) is 0 Å². The fraction of sp³-hybridized carbons (Fsp3) is 0.619. The number of carbonyl (C=O) groups is 2. The van der Waals surface area contributed by atoms with Crippen molar-refractivity contribution in [2.45, 2.75) is 39.8 Å². The molecule has 1 atom stereocenters. The fourth-order valence-corrected chi connectivity index (χ4v) is 3.20. The average molecular weight is 390 g/mol. The summed E-state index contributed by atoms with van der Waals surface area (Å²) in [4.78, 5) is 27.2. The Labute approximate surface area is 168 Å². The van der Waals surface area contributed by atoms with Gasteiger partial charge in [-0.15, -0.1) is 0 Å². The standard InChI is InChI=1S/C21H35N5O2/c1-16(2)14-19(20(27)23-10-13-26-11-8-22-9-12-26)25-21(28)24-15-18-6-4-17(3)5-7-18/h4-7,16,19,22H,8-15H2,1-3H3,(H,23,27)(H2,24,25,28). The fourth-order valence-electron chi connectivity index (χ4n) is 3.20. The summed E-state index contributed by atoms with van der Waals surface area (Å²) in [5, 5.41) is 12.0. The molecule has 1 aromatic rings. The smallest absolute Gasteiger partial charge is 0.315 e. The molecule has 156 valence electrons. The summed E-state index contributed by atoms with van der Waals surface area (Å²) in [6.45, 7) is 12.0. The Morgan fingerprint density at radius 1 is 1.11 bits per heavy atom. The highest BCUT2D eigenvalue weighted by Crippen LogP contribution is 2.06. The van der Waals surface area contributed by atoms with Crippen LogP contribution in [0.5, 0.6) is 0 Å². The number of carbonyl (C=O) groups excluding carboxylic acids is 2. The van der Waals surface area contributed by atoms with Crippen LogP contribution >= 0.6 is 0 Å². The minimum atomic E-state index is -0.527. The number of urea groups is 1. The van der Waals surface area contributed by atoms with Crippen molar-refractivity contribution in [2.75, 3.05) is 39.3 Å². The first-order chi connectivity index (χ1) is 13.4. The normalized spacial score (nSPS) is 15.9. The number of rotatable bonds is 9. The Bertz CT molecular complexity index is 612. The van der Waals surface area contributed by atoms with Crippen LogP contribution < -0.4 is 21.3 Å². The number of amides is 3. The third kappa shape index (κ3) is 8.27. The van der Waals surface area contributed by atoms with Gasteiger partial charge in [-0.2, -0.15) is 0 Å². The van der Waals surface area contributed by atoms with Crippen LogP contribution in [-0.2, 0) is 11.3 Å². The van der Waals surface area contributed by atoms with E-state index in [0.29, 0.717) is 25.4 Å². The van der Waals surface area contributed by atoms with E-state index in [2.05, 4.69) is 26.2 Å². The molecule has 7 nitrogen and oxygen atoms in total. The van der Waals surface area contributed by atoms with Crippen molar-refractivity contribution in [2.24, 2.45) is 5.92 Å². The maximum absolute atomic E-state index is 12.6. The molecule has 0 spiro atoms. The number of benzene rings is 1. The molecule has 1 unspecified atom stereocenters. The quantitative estimate of drug-likeness (QED) is 0.512. The molecule has 4 N–H and O–H groups in total. The Kier molecular flexibility index (Phi) is 9.23. The van der Waals surface area contributed by atoms with Crippen LogP contribution in [0.2, 0.25) is 0 Å². The topological polar surface area (TPSA) is 85.5 Å². The number of piperazine rings is 1. The predicted octanol–water partition coefficient (Wildman–Crippen LogP) is 1.23. The lowest BCUT2D eigenvalue weighted by molar-refractivity contribution is -0.123. The van der Waals surface area contributed by atoms with Gasteiger partial charge in [0, 0.05) is 45.8 Å². The molecule has 0 aliphatic carbocycles. The maximum Gasteiger partial charge on any atom is 0.315 e. The number of hydrogen-bond acceptors (Lipinski definition) is 4. The zero-order chi connectivity index (χ0) is 20.4. The molecule has 7 heteroatoms. The molecule has 0 saturated carbocycles. The van der Waals surface area contributed by atoms with Crippen molar-refractivity contribution < 1.29 is 9.59 Å². The number of aryl methyl sites for hydroxylation is 1. The number of nitrogens with one attached hydrogen (secondary N) is 4. The van der Waals surface area contributed by atoms with E-state index < -0.39 is 6.04 Å². The minimum Gasteiger partial charge on any atom is -0.353 e. The van der Waals surface area contributed by atoms with Crippen LogP contribution in [0.15, 0.2) is 24.3 Å². The van der Waals surface area contributed by atoms with Crippen LogP contribution in [0, 0.1) is 12.8 Å². The number of nitrogens with zero attached hydrogens (tertiary/aromatic N) is 1. The lowest BCUT2D eigenvalue weighted by Gasteiger charge is -2.27. The van der Waals surface area contributed by atoms with Crippen LogP contribution in [0.25, 0.3) is 0 Å². The molecule has 1 aliphatic rings. The van der Waals surface area contributed by atoms with E-state index in [0.717, 1.165) is 38.3 Å². The monoisotopic (exact) mass is 389 g/mol. The molecule has 28 heavy (non-hydrogen) atoms. The summed E-state index contributed by atoms with van der Waals surface area (Å²) in [7, 11) is 0. The van der Waals surface area contributed by atoms with Gasteiger partial charge >= 0.3 is 6.03 Å². The van der Waals surface area contributed by atoms with Gasteiger partial charge in [-0.3, -0.25) is 9.69 Å². The van der Waals surface area contributed by atoms with Gasteiger partial charge in [-0.25, -0.2) is 4.79 Å². The van der Waals surface area contributed by atoms with Crippen molar-refractivity contribution in [1.29, 1.82) is 0 Å². The molecule has 3 amide bonds. The van der Waals surface area contributed by atoms with Gasteiger partial charge in [0.15, 0.2) is 0 Å². The van der Waals surface area contributed by atoms with Crippen LogP contribution in [0.1, 0.15) is 31.4 Å². The molecule has 1 aromatic carbocycles. The molecule has 1 aliphatic heterocycles. The molecule has 0 radical (unpaired) electrons. The molecular formula is C21H35N5O2. The van der Waals surface area contributed by atoms with Crippen molar-refractivity contribution in [1.82, 2.24) is 26.2 Å². The molecule has 1 heterocycles. The number of hydrogen-bond donors (Lipinski definition) is 4. The highest BCUT2D eigenvalue weighted by atomic mass is 16.2. The highest BCUT2D eigenvalue weighted by Gasteiger charge is 2.22. The first-order valence-corrected chi connectivity index (χ1v) is 10.2. The van der Waals surface area contributed by atoms with Crippen LogP contribution in [-0.4, -0.2) is 62.1 Å². The second-order valence-electron chi connectivity index (χ2n) is 7.88. The summed E-state index contributed by atoms with van der Waals surface area (Å²) in [5.74, 6) is 0.190. The van der Waals surface area contributed by atoms with Gasteiger partial charge in [-0.1, -0.05) is 43.7 Å². The highest BCUT2D eigenvalue weighted by molar-refractivity contribution is 5.87. The maximum atomic E-state index is 12.6. The van der Waals surface area contributed by atoms with E-state index >= 15 is 0 Å². The molecule has 1 saturated heterocycles. The Hall–Kier alpha value is -2.12. The van der Waals surface area contributed by atoms with E-state index in [1.54, 1.807) is 0 Å². The molecule has 0 aromatic heterocycles. The summed E-state index contributed by atoms with van der Waals surface area (Å²) < 4.78 is 0. The second kappa shape index (κ2) is 11.7. The largest absolute Gasteiger partial charge is 0.353 e. The van der Waals surface area contributed by atoms with Crippen molar-refractivity contribution in [3.63, 3.8) is 0 Å². The van der Waals surface area contributed by atoms with E-state index in [9.17, 15) is 9.59 Å². The zero-order valence-electron chi connectivity index (χ0n) is 17.4. The zero-order valence-corrected chi connectivity index (χ0v) is 17.4. The Balaban J connectivity index is 1.77. The molecule has 2 rings (SSSR count). The van der Waals surface area contributed by atoms with Gasteiger partial charge < -0.3 is 21.3 Å². The lowest BCUT2D eigenvalue weighted by atomic mass is 10.0. The third-order valence-corrected chi connectivity index (χ3v) is 4.84. The van der Waals surface area contributed by atoms with Gasteiger partial charge in [0.1, 0.15) is 6.04 Å². The second-order valence-corrected chi connectivity index (χ2v) is 7.88. The summed E-state index contributed by atoms with van der Waals surface area (Å²) in [6.07, 6.45) is 0.609. The van der Waals surface area contributed by atoms with Gasteiger partial charge in [-0.05, 0) is 24.8 Å². The van der Waals surface area contributed by atoms with Gasteiger partial charge in [0.2, 0.25) is 5.91 Å². The van der Waals surface area contributed by atoms with E-state index in [1.807, 2.05) is 45.0 Å². The van der Waals surface area contributed by atoms with Crippen LogP contribution in [0.3, 0.4) is 0 Å². The van der Waals surface area contributed by atoms with E-state index in [1.165, 1.54) is 5.56 Å². The minimum absolute atomic E-state index is 0.116. The third-order valence-electron chi connectivity index (χ3n) is 4.84. The SMILES string of the molecule is Cc1ccc(CNC(=O)NC(CC(C)C)C(=O)NCCN2CCNCC2)cc1. The van der Waals surface area contributed by atoms with Crippen LogP contribution in [0.4, 0.5) is 4.79 Å². The molecule has 0 bridgehead atoms. The summed E-state index contributed by atoms with van der Waals surface area (Å²) in [5.41, 5.74) is 2.21. The Morgan fingerprint density at radius 2 is 1.79 bits per heavy atom. The first-order valence-electron chi connectivity index (χ1n) is 10.2.